The minimum atomic E-state index is -0.540. The first-order valence-electron chi connectivity index (χ1n) is 6.34. The molecule has 0 spiro atoms. The fraction of sp³-hybridized carbons (Fsp3) is 0.188. The van der Waals surface area contributed by atoms with Crippen molar-refractivity contribution in [2.45, 2.75) is 13.8 Å². The van der Waals surface area contributed by atoms with E-state index in [0.29, 0.717) is 11.4 Å². The van der Waals surface area contributed by atoms with Gasteiger partial charge in [0.15, 0.2) is 0 Å². The number of methoxy groups -OCH3 is 1. The number of carbonyl (C=O) groups excluding carboxylic acids is 1. The Kier molecular flexibility index (Phi) is 3.94. The van der Waals surface area contributed by atoms with Gasteiger partial charge in [-0.1, -0.05) is 24.3 Å². The highest BCUT2D eigenvalue weighted by molar-refractivity contribution is 6.00. The maximum absolute atomic E-state index is 11.9. The standard InChI is InChI=1S/C16H18N2O2/c1-11-8-9-14(15(10-11)20-3)18(16(17)19)13-7-5-4-6-12(13)2/h4-10H,1-3H3,(H2,17,19). The van der Waals surface area contributed by atoms with Gasteiger partial charge < -0.3 is 10.5 Å². The minimum absolute atomic E-state index is 0.540. The van der Waals surface area contributed by atoms with Crippen LogP contribution in [0.1, 0.15) is 11.1 Å². The van der Waals surface area contributed by atoms with Crippen LogP contribution in [0, 0.1) is 13.8 Å². The SMILES string of the molecule is COc1cc(C)ccc1N(C(N)=O)c1ccccc1C. The number of benzene rings is 2. The van der Waals surface area contributed by atoms with Crippen LogP contribution in [0.25, 0.3) is 0 Å². The van der Waals surface area contributed by atoms with Crippen LogP contribution < -0.4 is 15.4 Å². The van der Waals surface area contributed by atoms with Crippen LogP contribution in [0.5, 0.6) is 5.75 Å². The highest BCUT2D eigenvalue weighted by atomic mass is 16.5. The zero-order chi connectivity index (χ0) is 14.7. The van der Waals surface area contributed by atoms with Crippen LogP contribution in [-0.4, -0.2) is 13.1 Å². The largest absolute Gasteiger partial charge is 0.495 e. The zero-order valence-electron chi connectivity index (χ0n) is 11.9. The summed E-state index contributed by atoms with van der Waals surface area (Å²) in [7, 11) is 1.58. The molecule has 2 aromatic rings. The third kappa shape index (κ3) is 2.59. The second-order valence-electron chi connectivity index (χ2n) is 4.64. The molecule has 0 radical (unpaired) electrons. The first-order valence-corrected chi connectivity index (χ1v) is 6.34. The topological polar surface area (TPSA) is 55.6 Å². The van der Waals surface area contributed by atoms with E-state index in [2.05, 4.69) is 0 Å². The van der Waals surface area contributed by atoms with E-state index in [9.17, 15) is 4.79 Å². The Morgan fingerprint density at radius 2 is 1.80 bits per heavy atom. The van der Waals surface area contributed by atoms with Gasteiger partial charge in [0, 0.05) is 0 Å². The van der Waals surface area contributed by atoms with Gasteiger partial charge in [0.2, 0.25) is 0 Å². The van der Waals surface area contributed by atoms with Gasteiger partial charge in [-0.3, -0.25) is 4.90 Å². The van der Waals surface area contributed by atoms with Crippen molar-refractivity contribution in [3.63, 3.8) is 0 Å². The lowest BCUT2D eigenvalue weighted by Gasteiger charge is -2.24. The average molecular weight is 270 g/mol. The Bertz CT molecular complexity index is 638. The lowest BCUT2D eigenvalue weighted by Crippen LogP contribution is -2.32. The quantitative estimate of drug-likeness (QED) is 0.927. The third-order valence-electron chi connectivity index (χ3n) is 3.15. The lowest BCUT2D eigenvalue weighted by molar-refractivity contribution is 0.256. The number of anilines is 2. The lowest BCUT2D eigenvalue weighted by atomic mass is 10.1. The number of nitrogens with two attached hydrogens (primary N) is 1. The molecule has 0 aliphatic rings. The van der Waals surface area contributed by atoms with Gasteiger partial charge in [0.1, 0.15) is 5.75 Å². The maximum atomic E-state index is 11.9. The van der Waals surface area contributed by atoms with Crippen LogP contribution in [-0.2, 0) is 0 Å². The molecule has 0 atom stereocenters. The summed E-state index contributed by atoms with van der Waals surface area (Å²) in [4.78, 5) is 13.4. The van der Waals surface area contributed by atoms with E-state index in [0.717, 1.165) is 16.8 Å². The van der Waals surface area contributed by atoms with Crippen molar-refractivity contribution >= 4 is 17.4 Å². The minimum Gasteiger partial charge on any atom is -0.495 e. The number of primary amides is 1. The summed E-state index contributed by atoms with van der Waals surface area (Å²) in [5, 5.41) is 0. The molecule has 0 heterocycles. The van der Waals surface area contributed by atoms with Gasteiger partial charge in [-0.25, -0.2) is 4.79 Å². The predicted molar refractivity (Wildman–Crippen MR) is 80.6 cm³/mol. The first-order chi connectivity index (χ1) is 9.54. The number of ether oxygens (including phenoxy) is 1. The molecular formula is C16H18N2O2. The summed E-state index contributed by atoms with van der Waals surface area (Å²) in [6.07, 6.45) is 0. The molecule has 104 valence electrons. The number of hydrogen-bond donors (Lipinski definition) is 1. The molecule has 4 heteroatoms. The van der Waals surface area contributed by atoms with Gasteiger partial charge in [-0.05, 0) is 43.2 Å². The van der Waals surface area contributed by atoms with Crippen LogP contribution in [0.15, 0.2) is 42.5 Å². The van der Waals surface area contributed by atoms with E-state index < -0.39 is 6.03 Å². The zero-order valence-corrected chi connectivity index (χ0v) is 11.9. The van der Waals surface area contributed by atoms with Crippen molar-refractivity contribution in [2.24, 2.45) is 5.73 Å². The third-order valence-corrected chi connectivity index (χ3v) is 3.15. The Balaban J connectivity index is 2.61. The number of carbonyl (C=O) groups is 1. The van der Waals surface area contributed by atoms with Crippen LogP contribution in [0.4, 0.5) is 16.2 Å². The number of para-hydroxylation sites is 1. The van der Waals surface area contributed by atoms with Crippen molar-refractivity contribution in [3.8, 4) is 5.75 Å². The number of aryl methyl sites for hydroxylation is 2. The van der Waals surface area contributed by atoms with E-state index in [1.807, 2.05) is 56.3 Å². The van der Waals surface area contributed by atoms with Crippen LogP contribution in [0.2, 0.25) is 0 Å². The Morgan fingerprint density at radius 3 is 2.40 bits per heavy atom. The molecule has 0 unspecified atom stereocenters. The molecule has 0 aliphatic carbocycles. The predicted octanol–water partition coefficient (Wildman–Crippen LogP) is 3.53. The molecule has 4 nitrogen and oxygen atoms in total. The van der Waals surface area contributed by atoms with Gasteiger partial charge in [0.25, 0.3) is 0 Å². The smallest absolute Gasteiger partial charge is 0.324 e. The highest BCUT2D eigenvalue weighted by Gasteiger charge is 2.20. The fourth-order valence-electron chi connectivity index (χ4n) is 2.15. The van der Waals surface area contributed by atoms with Crippen LogP contribution in [0.3, 0.4) is 0 Å². The van der Waals surface area contributed by atoms with E-state index in [1.54, 1.807) is 7.11 Å². The van der Waals surface area contributed by atoms with E-state index in [4.69, 9.17) is 10.5 Å². The monoisotopic (exact) mass is 270 g/mol. The van der Waals surface area contributed by atoms with E-state index >= 15 is 0 Å². The molecule has 0 fully saturated rings. The Hall–Kier alpha value is -2.49. The first kappa shape index (κ1) is 13.9. The number of hydrogen-bond acceptors (Lipinski definition) is 2. The number of urea groups is 1. The molecular weight excluding hydrogens is 252 g/mol. The van der Waals surface area contributed by atoms with Gasteiger partial charge in [0.05, 0.1) is 18.5 Å². The molecule has 2 aromatic carbocycles. The molecule has 0 saturated carbocycles. The van der Waals surface area contributed by atoms with Gasteiger partial charge in [-0.2, -0.15) is 0 Å². The number of nitrogens with zero attached hydrogens (tertiary/aromatic N) is 1. The molecule has 0 saturated heterocycles. The molecule has 2 N–H and O–H groups in total. The number of rotatable bonds is 3. The summed E-state index contributed by atoms with van der Waals surface area (Å²) in [5.41, 5.74) is 8.98. The fourth-order valence-corrected chi connectivity index (χ4v) is 2.15. The van der Waals surface area contributed by atoms with Crippen molar-refractivity contribution in [1.82, 2.24) is 0 Å². The molecule has 20 heavy (non-hydrogen) atoms. The van der Waals surface area contributed by atoms with Crippen molar-refractivity contribution in [1.29, 1.82) is 0 Å². The Morgan fingerprint density at radius 1 is 1.10 bits per heavy atom. The average Bonchev–Trinajstić information content (AvgIpc) is 2.42. The van der Waals surface area contributed by atoms with Gasteiger partial charge in [-0.15, -0.1) is 0 Å². The molecule has 0 aromatic heterocycles. The second kappa shape index (κ2) is 5.65. The van der Waals surface area contributed by atoms with E-state index in [-0.39, 0.29) is 0 Å². The molecule has 2 rings (SSSR count). The van der Waals surface area contributed by atoms with Crippen LogP contribution >= 0.6 is 0 Å². The van der Waals surface area contributed by atoms with Crippen molar-refractivity contribution < 1.29 is 9.53 Å². The summed E-state index contributed by atoms with van der Waals surface area (Å²) in [5.74, 6) is 0.618. The van der Waals surface area contributed by atoms with Crippen molar-refractivity contribution in [3.05, 3.63) is 53.6 Å². The summed E-state index contributed by atoms with van der Waals surface area (Å²) in [6, 6.07) is 12.7. The summed E-state index contributed by atoms with van der Waals surface area (Å²) >= 11 is 0. The van der Waals surface area contributed by atoms with Crippen molar-refractivity contribution in [2.75, 3.05) is 12.0 Å². The normalized spacial score (nSPS) is 10.2. The summed E-state index contributed by atoms with van der Waals surface area (Å²) < 4.78 is 5.37. The second-order valence-corrected chi connectivity index (χ2v) is 4.64. The van der Waals surface area contributed by atoms with Gasteiger partial charge >= 0.3 is 6.03 Å². The molecule has 2 amide bonds. The highest BCUT2D eigenvalue weighted by Crippen LogP contribution is 2.35. The Labute approximate surface area is 118 Å². The number of amides is 2. The van der Waals surface area contributed by atoms with E-state index in [1.165, 1.54) is 4.90 Å². The molecule has 0 aliphatic heterocycles. The molecule has 0 bridgehead atoms. The summed E-state index contributed by atoms with van der Waals surface area (Å²) in [6.45, 7) is 3.90. The maximum Gasteiger partial charge on any atom is 0.324 e.